The summed E-state index contributed by atoms with van der Waals surface area (Å²) in [4.78, 5) is 9.23. The molecule has 1 aromatic carbocycles. The summed E-state index contributed by atoms with van der Waals surface area (Å²) in [6.07, 6.45) is 3.71. The maximum Gasteiger partial charge on any atom is 0.193 e. The first-order valence-electron chi connectivity index (χ1n) is 9.01. The fraction of sp³-hybridized carbons (Fsp3) is 0.632. The van der Waals surface area contributed by atoms with Crippen molar-refractivity contribution in [1.29, 1.82) is 0 Å². The van der Waals surface area contributed by atoms with Crippen LogP contribution in [0.1, 0.15) is 31.7 Å². The van der Waals surface area contributed by atoms with Gasteiger partial charge in [0.15, 0.2) is 5.96 Å². The Balaban J connectivity index is 1.87. The number of aliphatic imine (C=N–C) groups is 1. The van der Waals surface area contributed by atoms with Crippen LogP contribution >= 0.6 is 0 Å². The second-order valence-corrected chi connectivity index (χ2v) is 6.76. The Hall–Kier alpha value is -1.62. The molecule has 1 aliphatic heterocycles. The summed E-state index contributed by atoms with van der Waals surface area (Å²) < 4.78 is 13.3. The number of piperidine rings is 1. The topological polar surface area (TPSA) is 30.9 Å². The summed E-state index contributed by atoms with van der Waals surface area (Å²) in [5, 5.41) is 3.34. The number of likely N-dealkylation sites (tertiary alicyclic amines) is 1. The molecule has 1 saturated heterocycles. The van der Waals surface area contributed by atoms with Crippen molar-refractivity contribution in [3.8, 4) is 0 Å². The van der Waals surface area contributed by atoms with Crippen LogP contribution in [-0.4, -0.2) is 56.0 Å². The Morgan fingerprint density at radius 1 is 1.38 bits per heavy atom. The molecule has 4 nitrogen and oxygen atoms in total. The number of hydrogen-bond donors (Lipinski definition) is 1. The maximum atomic E-state index is 13.3. The van der Waals surface area contributed by atoms with Crippen molar-refractivity contribution in [1.82, 2.24) is 15.1 Å². The third-order valence-corrected chi connectivity index (χ3v) is 4.64. The molecule has 0 radical (unpaired) electrons. The van der Waals surface area contributed by atoms with Gasteiger partial charge in [-0.2, -0.15) is 0 Å². The van der Waals surface area contributed by atoms with E-state index in [9.17, 15) is 4.39 Å². The Kier molecular flexibility index (Phi) is 7.50. The molecule has 0 unspecified atom stereocenters. The lowest BCUT2D eigenvalue weighted by molar-refractivity contribution is 0.214. The van der Waals surface area contributed by atoms with Gasteiger partial charge in [0, 0.05) is 26.7 Å². The summed E-state index contributed by atoms with van der Waals surface area (Å²) in [6, 6.07) is 6.76. The smallest absolute Gasteiger partial charge is 0.193 e. The van der Waals surface area contributed by atoms with E-state index in [-0.39, 0.29) is 5.82 Å². The van der Waals surface area contributed by atoms with Gasteiger partial charge in [-0.25, -0.2) is 4.39 Å². The van der Waals surface area contributed by atoms with E-state index < -0.39 is 0 Å². The molecule has 134 valence electrons. The molecule has 0 aliphatic carbocycles. The highest BCUT2D eigenvalue weighted by atomic mass is 19.1. The molecule has 0 saturated carbocycles. The van der Waals surface area contributed by atoms with E-state index in [2.05, 4.69) is 29.1 Å². The molecular formula is C19H31FN4. The highest BCUT2D eigenvalue weighted by Gasteiger charge is 2.16. The minimum atomic E-state index is -0.190. The van der Waals surface area contributed by atoms with E-state index in [1.54, 1.807) is 12.1 Å². The average molecular weight is 334 g/mol. The number of nitrogens with zero attached hydrogens (tertiary/aromatic N) is 3. The van der Waals surface area contributed by atoms with Crippen LogP contribution in [0.2, 0.25) is 0 Å². The zero-order valence-corrected chi connectivity index (χ0v) is 15.3. The minimum absolute atomic E-state index is 0.190. The lowest BCUT2D eigenvalue weighted by atomic mass is 9.94. The Bertz CT molecular complexity index is 524. The van der Waals surface area contributed by atoms with Gasteiger partial charge >= 0.3 is 0 Å². The minimum Gasteiger partial charge on any atom is -0.357 e. The van der Waals surface area contributed by atoms with Gasteiger partial charge in [-0.1, -0.05) is 12.1 Å². The Labute approximate surface area is 145 Å². The standard InChI is InChI=1S/C19H31FN4/c1-4-21-19(22-11-8-16-9-12-23(2)13-10-16)24(3)15-17-6-5-7-18(20)14-17/h5-7,14,16H,4,8-13,15H2,1-3H3,(H,21,22). The van der Waals surface area contributed by atoms with Crippen LogP contribution in [-0.2, 0) is 6.54 Å². The quantitative estimate of drug-likeness (QED) is 0.641. The van der Waals surface area contributed by atoms with E-state index in [1.807, 2.05) is 13.1 Å². The first kappa shape index (κ1) is 18.7. The Morgan fingerprint density at radius 3 is 2.79 bits per heavy atom. The number of guanidine groups is 1. The summed E-state index contributed by atoms with van der Waals surface area (Å²) >= 11 is 0. The molecule has 1 aromatic rings. The van der Waals surface area contributed by atoms with Gasteiger partial charge in [0.1, 0.15) is 5.82 Å². The van der Waals surface area contributed by atoms with Gasteiger partial charge < -0.3 is 15.1 Å². The van der Waals surface area contributed by atoms with Crippen molar-refractivity contribution in [2.45, 2.75) is 32.7 Å². The molecule has 0 amide bonds. The Morgan fingerprint density at radius 2 is 2.12 bits per heavy atom. The van der Waals surface area contributed by atoms with Crippen LogP contribution in [0.25, 0.3) is 0 Å². The molecule has 5 heteroatoms. The normalized spacial score (nSPS) is 17.1. The SMILES string of the molecule is CCNC(=NCCC1CCN(C)CC1)N(C)Cc1cccc(F)c1. The number of benzene rings is 1. The lowest BCUT2D eigenvalue weighted by Crippen LogP contribution is -2.38. The summed E-state index contributed by atoms with van der Waals surface area (Å²) in [5.41, 5.74) is 0.957. The molecule has 0 spiro atoms. The van der Waals surface area contributed by atoms with Gasteiger partial charge in [-0.15, -0.1) is 0 Å². The lowest BCUT2D eigenvalue weighted by Gasteiger charge is -2.28. The van der Waals surface area contributed by atoms with Gasteiger partial charge in [-0.05, 0) is 69.9 Å². The van der Waals surface area contributed by atoms with Crippen LogP contribution in [0.3, 0.4) is 0 Å². The fourth-order valence-corrected chi connectivity index (χ4v) is 3.16. The first-order valence-corrected chi connectivity index (χ1v) is 9.01. The molecule has 1 fully saturated rings. The van der Waals surface area contributed by atoms with E-state index >= 15 is 0 Å². The number of rotatable bonds is 6. The third-order valence-electron chi connectivity index (χ3n) is 4.64. The molecule has 0 aromatic heterocycles. The number of halogens is 1. The summed E-state index contributed by atoms with van der Waals surface area (Å²) in [6.45, 7) is 6.81. The average Bonchev–Trinajstić information content (AvgIpc) is 2.56. The van der Waals surface area contributed by atoms with Crippen LogP contribution in [0, 0.1) is 11.7 Å². The molecule has 1 N–H and O–H groups in total. The molecule has 0 atom stereocenters. The monoisotopic (exact) mass is 334 g/mol. The van der Waals surface area contributed by atoms with Gasteiger partial charge in [0.25, 0.3) is 0 Å². The van der Waals surface area contributed by atoms with Crippen LogP contribution < -0.4 is 5.32 Å². The zero-order valence-electron chi connectivity index (χ0n) is 15.3. The molecule has 0 bridgehead atoms. The number of nitrogens with one attached hydrogen (secondary N) is 1. The van der Waals surface area contributed by atoms with Crippen LogP contribution in [0.5, 0.6) is 0 Å². The molecule has 1 heterocycles. The van der Waals surface area contributed by atoms with Crippen molar-refractivity contribution in [3.63, 3.8) is 0 Å². The summed E-state index contributed by atoms with van der Waals surface area (Å²) in [5.74, 6) is 1.50. The third kappa shape index (κ3) is 6.11. The van der Waals surface area contributed by atoms with Crippen molar-refractivity contribution < 1.29 is 4.39 Å². The van der Waals surface area contributed by atoms with E-state index in [0.717, 1.165) is 37.0 Å². The molecular weight excluding hydrogens is 303 g/mol. The van der Waals surface area contributed by atoms with Crippen molar-refractivity contribution >= 4 is 5.96 Å². The molecule has 24 heavy (non-hydrogen) atoms. The fourth-order valence-electron chi connectivity index (χ4n) is 3.16. The second-order valence-electron chi connectivity index (χ2n) is 6.76. The second kappa shape index (κ2) is 9.62. The predicted molar refractivity (Wildman–Crippen MR) is 98.7 cm³/mol. The van der Waals surface area contributed by atoms with Crippen LogP contribution in [0.4, 0.5) is 4.39 Å². The van der Waals surface area contributed by atoms with Gasteiger partial charge in [0.2, 0.25) is 0 Å². The molecule has 2 rings (SSSR count). The maximum absolute atomic E-state index is 13.3. The van der Waals surface area contributed by atoms with Crippen LogP contribution in [0.15, 0.2) is 29.3 Å². The number of hydrogen-bond acceptors (Lipinski definition) is 2. The molecule has 1 aliphatic rings. The highest BCUT2D eigenvalue weighted by molar-refractivity contribution is 5.79. The van der Waals surface area contributed by atoms with E-state index in [4.69, 9.17) is 4.99 Å². The first-order chi connectivity index (χ1) is 11.6. The largest absolute Gasteiger partial charge is 0.357 e. The zero-order chi connectivity index (χ0) is 17.4. The van der Waals surface area contributed by atoms with Crippen molar-refractivity contribution in [3.05, 3.63) is 35.6 Å². The highest BCUT2D eigenvalue weighted by Crippen LogP contribution is 2.19. The van der Waals surface area contributed by atoms with Crippen molar-refractivity contribution in [2.24, 2.45) is 10.9 Å². The van der Waals surface area contributed by atoms with Gasteiger partial charge in [-0.3, -0.25) is 4.99 Å². The van der Waals surface area contributed by atoms with E-state index in [1.165, 1.54) is 32.0 Å². The summed E-state index contributed by atoms with van der Waals surface area (Å²) in [7, 11) is 4.20. The van der Waals surface area contributed by atoms with E-state index in [0.29, 0.717) is 6.54 Å². The predicted octanol–water partition coefficient (Wildman–Crippen LogP) is 2.95. The van der Waals surface area contributed by atoms with Gasteiger partial charge in [0.05, 0.1) is 0 Å². The van der Waals surface area contributed by atoms with Crippen molar-refractivity contribution in [2.75, 3.05) is 40.3 Å².